The van der Waals surface area contributed by atoms with E-state index in [2.05, 4.69) is 10.6 Å². The first-order valence-electron chi connectivity index (χ1n) is 11.6. The number of rotatable bonds is 8. The average molecular weight is 466 g/mol. The monoisotopic (exact) mass is 465 g/mol. The Kier molecular flexibility index (Phi) is 7.32. The number of imidazole rings is 1. The minimum atomic E-state index is -0.376. The van der Waals surface area contributed by atoms with Crippen LogP contribution in [-0.4, -0.2) is 53.6 Å². The molecule has 0 unspecified atom stereocenters. The molecule has 2 heterocycles. The molecule has 0 spiro atoms. The van der Waals surface area contributed by atoms with Crippen molar-refractivity contribution in [2.75, 3.05) is 25.6 Å². The Morgan fingerprint density at radius 1 is 1.18 bits per heavy atom. The summed E-state index contributed by atoms with van der Waals surface area (Å²) in [6, 6.07) is 11.4. The molecule has 9 nitrogen and oxygen atoms in total. The topological polar surface area (TPSA) is 120 Å². The van der Waals surface area contributed by atoms with Gasteiger partial charge in [-0.1, -0.05) is 12.1 Å². The Morgan fingerprint density at radius 2 is 1.97 bits per heavy atom. The molecule has 9 heteroatoms. The minimum absolute atomic E-state index is 0.0304. The van der Waals surface area contributed by atoms with Crippen LogP contribution in [-0.2, 0) is 9.53 Å². The summed E-state index contributed by atoms with van der Waals surface area (Å²) >= 11 is 0. The lowest BCUT2D eigenvalue weighted by molar-refractivity contribution is -0.140. The van der Waals surface area contributed by atoms with E-state index in [0.717, 1.165) is 31.2 Å². The number of nitrogens with two attached hydrogens (primary N) is 1. The van der Waals surface area contributed by atoms with Gasteiger partial charge < -0.3 is 25.8 Å². The third-order valence-electron chi connectivity index (χ3n) is 6.05. The minimum Gasteiger partial charge on any atom is -0.497 e. The predicted molar refractivity (Wildman–Crippen MR) is 130 cm³/mol. The number of esters is 1. The molecular weight excluding hydrogens is 434 g/mol. The molecule has 1 aliphatic rings. The largest absolute Gasteiger partial charge is 0.497 e. The number of hydrogen-bond acceptors (Lipinski definition) is 7. The van der Waals surface area contributed by atoms with E-state index in [1.165, 1.54) is 0 Å². The first-order valence-corrected chi connectivity index (χ1v) is 11.6. The van der Waals surface area contributed by atoms with Crippen molar-refractivity contribution in [1.82, 2.24) is 14.7 Å². The highest BCUT2D eigenvalue weighted by Gasteiger charge is 2.24. The van der Waals surface area contributed by atoms with Crippen LogP contribution in [0.25, 0.3) is 16.9 Å². The molecule has 1 saturated carbocycles. The smallest absolute Gasteiger partial charge is 0.325 e. The standard InChI is InChI=1S/C25H31N5O4/c1-3-34-21(31)15-27-24-22(16-6-4-7-19(14-16)33-2)29-23-20(8-5-13-30(23)24)25(32)28-18-11-9-17(26)10-12-18/h4-8,13-14,17-18,27H,3,9-12,15,26H2,1-2H3,(H,28,32). The molecule has 34 heavy (non-hydrogen) atoms. The number of nitrogens with one attached hydrogen (secondary N) is 2. The van der Waals surface area contributed by atoms with Gasteiger partial charge in [-0.25, -0.2) is 4.98 Å². The van der Waals surface area contributed by atoms with Gasteiger partial charge in [-0.05, 0) is 56.9 Å². The number of pyridine rings is 1. The molecule has 1 amide bonds. The van der Waals surface area contributed by atoms with E-state index in [1.807, 2.05) is 30.5 Å². The summed E-state index contributed by atoms with van der Waals surface area (Å²) in [5.41, 5.74) is 8.36. The third kappa shape index (κ3) is 5.14. The number of methoxy groups -OCH3 is 1. The van der Waals surface area contributed by atoms with Crippen LogP contribution in [0.15, 0.2) is 42.6 Å². The van der Waals surface area contributed by atoms with Crippen molar-refractivity contribution in [2.45, 2.75) is 44.7 Å². The molecule has 2 aromatic heterocycles. The van der Waals surface area contributed by atoms with E-state index < -0.39 is 0 Å². The number of ether oxygens (including phenoxy) is 2. The number of nitrogens with zero attached hydrogens (tertiary/aromatic N) is 2. The second-order valence-electron chi connectivity index (χ2n) is 8.40. The molecule has 0 saturated heterocycles. The molecule has 3 aromatic rings. The fraction of sp³-hybridized carbons (Fsp3) is 0.400. The van der Waals surface area contributed by atoms with E-state index >= 15 is 0 Å². The second-order valence-corrected chi connectivity index (χ2v) is 8.40. The van der Waals surface area contributed by atoms with Gasteiger partial charge in [0.05, 0.1) is 19.3 Å². The van der Waals surface area contributed by atoms with Crippen LogP contribution >= 0.6 is 0 Å². The highest BCUT2D eigenvalue weighted by atomic mass is 16.5. The molecule has 0 aliphatic heterocycles. The Balaban J connectivity index is 1.71. The Hall–Kier alpha value is -3.59. The van der Waals surface area contributed by atoms with Gasteiger partial charge in [0.25, 0.3) is 5.91 Å². The highest BCUT2D eigenvalue weighted by molar-refractivity contribution is 6.01. The van der Waals surface area contributed by atoms with Crippen LogP contribution < -0.4 is 21.1 Å². The summed E-state index contributed by atoms with van der Waals surface area (Å²) in [6.45, 7) is 2.03. The first-order chi connectivity index (χ1) is 16.5. The van der Waals surface area contributed by atoms with Gasteiger partial charge in [0.15, 0.2) is 5.65 Å². The molecule has 180 valence electrons. The molecule has 1 aliphatic carbocycles. The zero-order valence-corrected chi connectivity index (χ0v) is 19.5. The van der Waals surface area contributed by atoms with E-state index in [1.54, 1.807) is 30.6 Å². The van der Waals surface area contributed by atoms with E-state index in [0.29, 0.717) is 35.1 Å². The van der Waals surface area contributed by atoms with Crippen molar-refractivity contribution in [1.29, 1.82) is 0 Å². The van der Waals surface area contributed by atoms with Gasteiger partial charge in [-0.3, -0.25) is 14.0 Å². The van der Waals surface area contributed by atoms with Crippen LogP contribution in [0.2, 0.25) is 0 Å². The van der Waals surface area contributed by atoms with Crippen LogP contribution in [0, 0.1) is 0 Å². The van der Waals surface area contributed by atoms with Crippen molar-refractivity contribution >= 4 is 23.3 Å². The van der Waals surface area contributed by atoms with Crippen LogP contribution in [0.4, 0.5) is 5.82 Å². The normalized spacial score (nSPS) is 17.9. The van der Waals surface area contributed by atoms with Crippen molar-refractivity contribution in [3.63, 3.8) is 0 Å². The predicted octanol–water partition coefficient (Wildman–Crippen LogP) is 2.98. The lowest BCUT2D eigenvalue weighted by atomic mass is 9.91. The molecule has 4 rings (SSSR count). The van der Waals surface area contributed by atoms with E-state index in [4.69, 9.17) is 20.2 Å². The van der Waals surface area contributed by atoms with Crippen molar-refractivity contribution in [3.8, 4) is 17.0 Å². The summed E-state index contributed by atoms with van der Waals surface area (Å²) < 4.78 is 12.2. The van der Waals surface area contributed by atoms with Gasteiger partial charge in [0.1, 0.15) is 23.8 Å². The number of aromatic nitrogens is 2. The number of carbonyl (C=O) groups excluding carboxylic acids is 2. The SMILES string of the molecule is CCOC(=O)CNc1c(-c2cccc(OC)c2)nc2c(C(=O)NC3CCC(N)CC3)cccn12. The van der Waals surface area contributed by atoms with Crippen molar-refractivity contribution in [3.05, 3.63) is 48.2 Å². The summed E-state index contributed by atoms with van der Waals surface area (Å²) in [4.78, 5) is 30.1. The van der Waals surface area contributed by atoms with E-state index in [-0.39, 0.29) is 30.5 Å². The van der Waals surface area contributed by atoms with Gasteiger partial charge in [-0.2, -0.15) is 0 Å². The number of fused-ring (bicyclic) bond motifs is 1. The summed E-state index contributed by atoms with van der Waals surface area (Å²) in [5, 5.41) is 6.29. The molecule has 0 radical (unpaired) electrons. The quantitative estimate of drug-likeness (QED) is 0.438. The van der Waals surface area contributed by atoms with Gasteiger partial charge >= 0.3 is 5.97 Å². The van der Waals surface area contributed by atoms with Gasteiger partial charge in [0.2, 0.25) is 0 Å². The zero-order valence-electron chi connectivity index (χ0n) is 19.5. The Morgan fingerprint density at radius 3 is 2.71 bits per heavy atom. The fourth-order valence-electron chi connectivity index (χ4n) is 4.28. The van der Waals surface area contributed by atoms with Gasteiger partial charge in [-0.15, -0.1) is 0 Å². The first kappa shape index (κ1) is 23.6. The van der Waals surface area contributed by atoms with Crippen LogP contribution in [0.3, 0.4) is 0 Å². The van der Waals surface area contributed by atoms with Crippen LogP contribution in [0.5, 0.6) is 5.75 Å². The molecule has 4 N–H and O–H groups in total. The van der Waals surface area contributed by atoms with Crippen molar-refractivity contribution < 1.29 is 19.1 Å². The van der Waals surface area contributed by atoms with Gasteiger partial charge in [0, 0.05) is 23.8 Å². The molecule has 1 fully saturated rings. The molecule has 0 atom stereocenters. The lowest BCUT2D eigenvalue weighted by Gasteiger charge is -2.26. The summed E-state index contributed by atoms with van der Waals surface area (Å²) in [5.74, 6) is 0.720. The summed E-state index contributed by atoms with van der Waals surface area (Å²) in [6.07, 6.45) is 5.36. The molecule has 0 bridgehead atoms. The number of benzene rings is 1. The third-order valence-corrected chi connectivity index (χ3v) is 6.05. The number of amides is 1. The number of anilines is 1. The maximum Gasteiger partial charge on any atom is 0.325 e. The lowest BCUT2D eigenvalue weighted by Crippen LogP contribution is -2.40. The zero-order chi connectivity index (χ0) is 24.1. The summed E-state index contributed by atoms with van der Waals surface area (Å²) in [7, 11) is 1.60. The maximum absolute atomic E-state index is 13.2. The second kappa shape index (κ2) is 10.6. The van der Waals surface area contributed by atoms with E-state index in [9.17, 15) is 9.59 Å². The Labute approximate surface area is 198 Å². The van der Waals surface area contributed by atoms with Crippen molar-refractivity contribution in [2.24, 2.45) is 5.73 Å². The average Bonchev–Trinajstić information content (AvgIpc) is 3.23. The highest BCUT2D eigenvalue weighted by Crippen LogP contribution is 2.32. The van der Waals surface area contributed by atoms with Crippen LogP contribution in [0.1, 0.15) is 43.0 Å². The number of hydrogen-bond donors (Lipinski definition) is 3. The maximum atomic E-state index is 13.2. The molecular formula is C25H31N5O4. The Bertz CT molecular complexity index is 1170. The fourth-order valence-corrected chi connectivity index (χ4v) is 4.28. The molecule has 1 aromatic carbocycles. The number of carbonyl (C=O) groups is 2.